The van der Waals surface area contributed by atoms with Crippen molar-refractivity contribution in [1.82, 2.24) is 15.1 Å². The van der Waals surface area contributed by atoms with Gasteiger partial charge in [0.1, 0.15) is 11.4 Å². The van der Waals surface area contributed by atoms with Crippen LogP contribution in [0, 0.1) is 0 Å². The summed E-state index contributed by atoms with van der Waals surface area (Å²) in [4.78, 5) is 19.6. The Morgan fingerprint density at radius 3 is 3.10 bits per heavy atom. The Hall–Kier alpha value is -2.44. The van der Waals surface area contributed by atoms with Crippen molar-refractivity contribution < 1.29 is 14.4 Å². The minimum absolute atomic E-state index is 0.221. The van der Waals surface area contributed by atoms with Crippen molar-refractivity contribution in [3.05, 3.63) is 35.1 Å². The molecule has 1 aliphatic rings. The van der Waals surface area contributed by atoms with E-state index in [9.17, 15) is 9.90 Å². The number of aryl methyl sites for hydroxylation is 2. The summed E-state index contributed by atoms with van der Waals surface area (Å²) in [7, 11) is 0. The molecule has 0 aromatic carbocycles. The lowest BCUT2D eigenvalue weighted by Crippen LogP contribution is -2.13. The first-order valence-electron chi connectivity index (χ1n) is 6.49. The summed E-state index contributed by atoms with van der Waals surface area (Å²) >= 11 is 0. The molecule has 0 atom stereocenters. The number of hydrogen-bond acceptors (Lipinski definition) is 6. The Morgan fingerprint density at radius 1 is 1.45 bits per heavy atom. The number of carboxylic acid groups (broad SMARTS) is 1. The number of hydrogen-bond donors (Lipinski definition) is 2. The lowest BCUT2D eigenvalue weighted by molar-refractivity contribution is 0.0697. The van der Waals surface area contributed by atoms with Crippen LogP contribution < -0.4 is 5.32 Å². The summed E-state index contributed by atoms with van der Waals surface area (Å²) in [5.41, 5.74) is 2.27. The highest BCUT2D eigenvalue weighted by molar-refractivity contribution is 5.93. The zero-order valence-corrected chi connectivity index (χ0v) is 10.8. The molecule has 0 unspecified atom stereocenters. The number of aromatic carboxylic acids is 1. The van der Waals surface area contributed by atoms with Crippen LogP contribution in [0.4, 0.5) is 5.82 Å². The van der Waals surface area contributed by atoms with Crippen LogP contribution in [0.5, 0.6) is 0 Å². The fourth-order valence-electron chi connectivity index (χ4n) is 2.37. The van der Waals surface area contributed by atoms with Crippen molar-refractivity contribution in [3.63, 3.8) is 0 Å². The molecular weight excluding hydrogens is 260 g/mol. The van der Waals surface area contributed by atoms with Crippen LogP contribution in [0.1, 0.15) is 33.9 Å². The molecule has 0 fully saturated rings. The molecule has 0 spiro atoms. The van der Waals surface area contributed by atoms with Gasteiger partial charge in [-0.25, -0.2) is 9.78 Å². The maximum absolute atomic E-state index is 11.3. The van der Waals surface area contributed by atoms with Gasteiger partial charge in [-0.2, -0.15) is 4.98 Å². The molecular formula is C13H14N4O3. The molecule has 0 amide bonds. The first-order valence-corrected chi connectivity index (χ1v) is 6.49. The molecule has 2 heterocycles. The molecule has 0 radical (unpaired) electrons. The number of nitrogens with one attached hydrogen (secondary N) is 1. The minimum Gasteiger partial charge on any atom is -0.478 e. The van der Waals surface area contributed by atoms with E-state index >= 15 is 0 Å². The third-order valence-electron chi connectivity index (χ3n) is 3.33. The minimum atomic E-state index is -0.964. The number of fused-ring (bicyclic) bond motifs is 1. The van der Waals surface area contributed by atoms with E-state index in [1.165, 1.54) is 6.39 Å². The topological polar surface area (TPSA) is 101 Å². The number of nitrogens with zero attached hydrogens (tertiary/aromatic N) is 3. The van der Waals surface area contributed by atoms with Crippen LogP contribution in [0.2, 0.25) is 0 Å². The van der Waals surface area contributed by atoms with Crippen LogP contribution in [0.15, 0.2) is 17.0 Å². The van der Waals surface area contributed by atoms with Gasteiger partial charge >= 0.3 is 5.97 Å². The summed E-state index contributed by atoms with van der Waals surface area (Å²) in [6.45, 7) is 0.506. The first kappa shape index (κ1) is 12.6. The van der Waals surface area contributed by atoms with Crippen molar-refractivity contribution >= 4 is 11.8 Å². The number of aromatic nitrogens is 3. The van der Waals surface area contributed by atoms with Crippen LogP contribution in [-0.2, 0) is 19.3 Å². The molecule has 20 heavy (non-hydrogen) atoms. The zero-order valence-electron chi connectivity index (χ0n) is 10.8. The van der Waals surface area contributed by atoms with Gasteiger partial charge in [-0.15, -0.1) is 0 Å². The largest absolute Gasteiger partial charge is 0.478 e. The predicted octanol–water partition coefficient (Wildman–Crippen LogP) is 1.31. The van der Waals surface area contributed by atoms with Crippen molar-refractivity contribution in [2.24, 2.45) is 0 Å². The second-order valence-electron chi connectivity index (χ2n) is 4.67. The average molecular weight is 274 g/mol. The second-order valence-corrected chi connectivity index (χ2v) is 4.67. The Balaban J connectivity index is 1.75. The van der Waals surface area contributed by atoms with Gasteiger partial charge in [0.15, 0.2) is 5.82 Å². The Bertz CT molecular complexity index is 625. The number of carbonyl (C=O) groups is 1. The van der Waals surface area contributed by atoms with E-state index in [2.05, 4.69) is 25.0 Å². The van der Waals surface area contributed by atoms with Gasteiger partial charge in [-0.1, -0.05) is 5.16 Å². The smallest absolute Gasteiger partial charge is 0.339 e. The van der Waals surface area contributed by atoms with E-state index < -0.39 is 5.97 Å². The number of anilines is 1. The zero-order chi connectivity index (χ0) is 13.9. The van der Waals surface area contributed by atoms with Gasteiger partial charge < -0.3 is 14.9 Å². The third-order valence-corrected chi connectivity index (χ3v) is 3.33. The van der Waals surface area contributed by atoms with Gasteiger partial charge in [0.05, 0.1) is 0 Å². The van der Waals surface area contributed by atoms with Gasteiger partial charge in [0.2, 0.25) is 6.39 Å². The standard InChI is InChI=1S/C13H14N4O3/c18-13(19)9-6-8-2-1-3-10(8)16-12(9)14-5-4-11-15-7-20-17-11/h6-7H,1-5H2,(H,14,16)(H,18,19). The Morgan fingerprint density at radius 2 is 2.35 bits per heavy atom. The molecule has 3 rings (SSSR count). The maximum Gasteiger partial charge on any atom is 0.339 e. The molecule has 0 bridgehead atoms. The fourth-order valence-corrected chi connectivity index (χ4v) is 2.37. The van der Waals surface area contributed by atoms with Gasteiger partial charge in [0, 0.05) is 18.7 Å². The summed E-state index contributed by atoms with van der Waals surface area (Å²) in [5.74, 6) is 0.0337. The second kappa shape index (κ2) is 5.28. The molecule has 2 aromatic rings. The predicted molar refractivity (Wildman–Crippen MR) is 69.7 cm³/mol. The van der Waals surface area contributed by atoms with Crippen LogP contribution in [0.3, 0.4) is 0 Å². The average Bonchev–Trinajstić information content (AvgIpc) is 3.07. The van der Waals surface area contributed by atoms with E-state index in [1.807, 2.05) is 0 Å². The normalized spacial score (nSPS) is 13.2. The van der Waals surface area contributed by atoms with E-state index in [0.717, 1.165) is 30.5 Å². The van der Waals surface area contributed by atoms with Crippen LogP contribution >= 0.6 is 0 Å². The Kier molecular flexibility index (Phi) is 3.32. The molecule has 2 N–H and O–H groups in total. The summed E-state index contributed by atoms with van der Waals surface area (Å²) in [6, 6.07) is 1.73. The summed E-state index contributed by atoms with van der Waals surface area (Å²) in [5, 5.41) is 16.0. The van der Waals surface area contributed by atoms with E-state index in [-0.39, 0.29) is 5.56 Å². The maximum atomic E-state index is 11.3. The molecule has 2 aromatic heterocycles. The molecule has 0 saturated heterocycles. The van der Waals surface area contributed by atoms with Crippen molar-refractivity contribution in [2.45, 2.75) is 25.7 Å². The van der Waals surface area contributed by atoms with Gasteiger partial charge in [-0.05, 0) is 30.9 Å². The molecule has 0 saturated carbocycles. The lowest BCUT2D eigenvalue weighted by atomic mass is 10.1. The SMILES string of the molecule is O=C(O)c1cc2c(nc1NCCc1ncon1)CCC2. The summed E-state index contributed by atoms with van der Waals surface area (Å²) in [6.07, 6.45) is 4.67. The van der Waals surface area contributed by atoms with E-state index in [1.54, 1.807) is 6.07 Å². The number of rotatable bonds is 5. The third kappa shape index (κ3) is 2.47. The van der Waals surface area contributed by atoms with Crippen LogP contribution in [-0.4, -0.2) is 32.7 Å². The van der Waals surface area contributed by atoms with Crippen molar-refractivity contribution in [2.75, 3.05) is 11.9 Å². The molecule has 104 valence electrons. The highest BCUT2D eigenvalue weighted by Crippen LogP contribution is 2.25. The van der Waals surface area contributed by atoms with E-state index in [0.29, 0.717) is 24.6 Å². The van der Waals surface area contributed by atoms with Crippen molar-refractivity contribution in [3.8, 4) is 0 Å². The van der Waals surface area contributed by atoms with Gasteiger partial charge in [0.25, 0.3) is 0 Å². The molecule has 0 aliphatic heterocycles. The monoisotopic (exact) mass is 274 g/mol. The van der Waals surface area contributed by atoms with Crippen molar-refractivity contribution in [1.29, 1.82) is 0 Å². The fraction of sp³-hybridized carbons (Fsp3) is 0.385. The highest BCUT2D eigenvalue weighted by atomic mass is 16.5. The molecule has 7 heteroatoms. The lowest BCUT2D eigenvalue weighted by Gasteiger charge is -2.10. The van der Waals surface area contributed by atoms with Gasteiger partial charge in [-0.3, -0.25) is 0 Å². The first-order chi connectivity index (χ1) is 9.74. The highest BCUT2D eigenvalue weighted by Gasteiger charge is 2.19. The molecule has 7 nitrogen and oxygen atoms in total. The molecule has 1 aliphatic carbocycles. The number of carboxylic acids is 1. The summed E-state index contributed by atoms with van der Waals surface area (Å²) < 4.78 is 4.64. The quantitative estimate of drug-likeness (QED) is 0.847. The number of pyridine rings is 1. The van der Waals surface area contributed by atoms with Crippen LogP contribution in [0.25, 0.3) is 0 Å². The van der Waals surface area contributed by atoms with E-state index in [4.69, 9.17) is 0 Å². The Labute approximate surface area is 115 Å².